The fourth-order valence-electron chi connectivity index (χ4n) is 3.55. The molecule has 158 valence electrons. The number of methoxy groups -OCH3 is 1. The number of thioether (sulfide) groups is 1. The van der Waals surface area contributed by atoms with Crippen molar-refractivity contribution in [2.24, 2.45) is 0 Å². The Morgan fingerprint density at radius 3 is 2.48 bits per heavy atom. The number of rotatable bonds is 6. The first kappa shape index (κ1) is 21.0. The van der Waals surface area contributed by atoms with Gasteiger partial charge in [-0.2, -0.15) is 0 Å². The van der Waals surface area contributed by atoms with E-state index in [0.29, 0.717) is 13.0 Å². The number of anilines is 1. The highest BCUT2D eigenvalue weighted by Gasteiger charge is 2.30. The Labute approximate surface area is 186 Å². The maximum atomic E-state index is 13.2. The van der Waals surface area contributed by atoms with Gasteiger partial charge in [0.05, 0.1) is 12.8 Å². The lowest BCUT2D eigenvalue weighted by Crippen LogP contribution is -2.40. The molecule has 1 aliphatic heterocycles. The van der Waals surface area contributed by atoms with Gasteiger partial charge < -0.3 is 15.0 Å². The summed E-state index contributed by atoms with van der Waals surface area (Å²) >= 11 is 1.65. The summed E-state index contributed by atoms with van der Waals surface area (Å²) < 4.78 is 5.25. The van der Waals surface area contributed by atoms with E-state index in [1.54, 1.807) is 23.8 Å². The number of nitrogens with one attached hydrogen (secondary N) is 1. The quantitative estimate of drug-likeness (QED) is 0.619. The maximum absolute atomic E-state index is 13.2. The van der Waals surface area contributed by atoms with Crippen molar-refractivity contribution < 1.29 is 14.3 Å². The highest BCUT2D eigenvalue weighted by Crippen LogP contribution is 2.45. The first-order valence-electron chi connectivity index (χ1n) is 10.1. The van der Waals surface area contributed by atoms with E-state index < -0.39 is 0 Å². The lowest BCUT2D eigenvalue weighted by Gasteiger charge is -2.22. The second-order valence-corrected chi connectivity index (χ2v) is 8.54. The molecule has 5 nitrogen and oxygen atoms in total. The highest BCUT2D eigenvalue weighted by molar-refractivity contribution is 7.99. The second kappa shape index (κ2) is 9.71. The van der Waals surface area contributed by atoms with E-state index in [1.165, 1.54) is 0 Å². The molecule has 1 aliphatic rings. The molecule has 3 aromatic carbocycles. The molecule has 0 fully saturated rings. The third-order valence-corrected chi connectivity index (χ3v) is 6.53. The fourth-order valence-corrected chi connectivity index (χ4v) is 4.83. The lowest BCUT2D eigenvalue weighted by atomic mass is 10.1. The summed E-state index contributed by atoms with van der Waals surface area (Å²) in [6.45, 7) is 0.436. The summed E-state index contributed by atoms with van der Waals surface area (Å²) in [5, 5.41) is 2.89. The Hall–Kier alpha value is -3.25. The van der Waals surface area contributed by atoms with Crippen LogP contribution >= 0.6 is 11.8 Å². The molecule has 0 bridgehead atoms. The molecule has 2 amide bonds. The van der Waals surface area contributed by atoms with Crippen molar-refractivity contribution in [3.8, 4) is 5.75 Å². The monoisotopic (exact) mass is 432 g/mol. The Morgan fingerprint density at radius 2 is 1.74 bits per heavy atom. The number of amides is 2. The third kappa shape index (κ3) is 5.09. The number of ether oxygens (including phenoxy) is 1. The molecule has 0 radical (unpaired) electrons. The number of para-hydroxylation sites is 1. The number of carbonyl (C=O) groups excluding carboxylic acids is 2. The van der Waals surface area contributed by atoms with Crippen LogP contribution < -0.4 is 15.0 Å². The van der Waals surface area contributed by atoms with Crippen molar-refractivity contribution in [1.29, 1.82) is 0 Å². The van der Waals surface area contributed by atoms with Gasteiger partial charge in [0.1, 0.15) is 12.3 Å². The second-order valence-electron chi connectivity index (χ2n) is 7.29. The summed E-state index contributed by atoms with van der Waals surface area (Å²) in [6, 6.07) is 25.3. The van der Waals surface area contributed by atoms with Crippen molar-refractivity contribution in [3.05, 3.63) is 90.0 Å². The average molecular weight is 433 g/mol. The molecular formula is C25H24N2O3S. The van der Waals surface area contributed by atoms with Gasteiger partial charge in [0.25, 0.3) is 0 Å². The first-order chi connectivity index (χ1) is 15.1. The van der Waals surface area contributed by atoms with E-state index in [2.05, 4.69) is 5.32 Å². The molecule has 1 N–H and O–H groups in total. The van der Waals surface area contributed by atoms with Crippen LogP contribution in [0.5, 0.6) is 5.75 Å². The van der Waals surface area contributed by atoms with Gasteiger partial charge in [-0.3, -0.25) is 9.59 Å². The van der Waals surface area contributed by atoms with Gasteiger partial charge in [0.2, 0.25) is 11.8 Å². The van der Waals surface area contributed by atoms with Crippen LogP contribution in [0.2, 0.25) is 0 Å². The van der Waals surface area contributed by atoms with E-state index in [0.717, 1.165) is 27.5 Å². The zero-order chi connectivity index (χ0) is 21.6. The van der Waals surface area contributed by atoms with Gasteiger partial charge in [-0.1, -0.05) is 54.6 Å². The minimum Gasteiger partial charge on any atom is -0.497 e. The zero-order valence-electron chi connectivity index (χ0n) is 17.3. The largest absolute Gasteiger partial charge is 0.497 e. The number of hydrogen-bond acceptors (Lipinski definition) is 4. The normalized spacial score (nSPS) is 15.7. The number of carbonyl (C=O) groups is 2. The predicted octanol–water partition coefficient (Wildman–Crippen LogP) is 4.58. The minimum atomic E-state index is -0.181. The van der Waals surface area contributed by atoms with Gasteiger partial charge in [0, 0.05) is 23.1 Å². The highest BCUT2D eigenvalue weighted by atomic mass is 32.2. The van der Waals surface area contributed by atoms with Crippen molar-refractivity contribution in [2.75, 3.05) is 18.6 Å². The molecule has 6 heteroatoms. The van der Waals surface area contributed by atoms with Gasteiger partial charge in [-0.25, -0.2) is 0 Å². The third-order valence-electron chi connectivity index (χ3n) is 5.21. The molecule has 0 saturated carbocycles. The summed E-state index contributed by atoms with van der Waals surface area (Å²) in [6.07, 6.45) is 0.317. The van der Waals surface area contributed by atoms with Crippen LogP contribution in [0.25, 0.3) is 0 Å². The molecular weight excluding hydrogens is 408 g/mol. The molecule has 0 aliphatic carbocycles. The van der Waals surface area contributed by atoms with E-state index >= 15 is 0 Å². The van der Waals surface area contributed by atoms with Crippen LogP contribution in [0.15, 0.2) is 83.8 Å². The van der Waals surface area contributed by atoms with Crippen LogP contribution in [0.4, 0.5) is 5.69 Å². The molecule has 0 saturated heterocycles. The molecule has 0 aromatic heterocycles. The molecule has 1 heterocycles. The smallest absolute Gasteiger partial charge is 0.240 e. The molecule has 31 heavy (non-hydrogen) atoms. The summed E-state index contributed by atoms with van der Waals surface area (Å²) in [7, 11) is 1.63. The molecule has 1 atom stereocenters. The number of fused-ring (bicyclic) bond motifs is 1. The van der Waals surface area contributed by atoms with E-state index in [9.17, 15) is 9.59 Å². The topological polar surface area (TPSA) is 58.6 Å². The SMILES string of the molecule is COc1ccc([C@H]2CC(=O)N(CC(=O)NCc3ccccc3)c3ccccc3S2)cc1. The Balaban J connectivity index is 1.52. The van der Waals surface area contributed by atoms with E-state index in [-0.39, 0.29) is 23.6 Å². The predicted molar refractivity (Wildman–Crippen MR) is 123 cm³/mol. The van der Waals surface area contributed by atoms with Crippen molar-refractivity contribution >= 4 is 29.3 Å². The van der Waals surface area contributed by atoms with Gasteiger partial charge in [-0.15, -0.1) is 11.8 Å². The van der Waals surface area contributed by atoms with Crippen LogP contribution in [0.1, 0.15) is 22.8 Å². The van der Waals surface area contributed by atoms with Crippen LogP contribution in [0.3, 0.4) is 0 Å². The minimum absolute atomic E-state index is 0.00142. The maximum Gasteiger partial charge on any atom is 0.240 e. The molecule has 3 aromatic rings. The number of nitrogens with zero attached hydrogens (tertiary/aromatic N) is 1. The first-order valence-corrected chi connectivity index (χ1v) is 11.0. The van der Waals surface area contributed by atoms with Crippen molar-refractivity contribution in [1.82, 2.24) is 5.32 Å². The molecule has 0 spiro atoms. The Kier molecular flexibility index (Phi) is 6.57. The van der Waals surface area contributed by atoms with Crippen molar-refractivity contribution in [2.45, 2.75) is 23.1 Å². The van der Waals surface area contributed by atoms with E-state index in [1.807, 2.05) is 78.9 Å². The molecule has 4 rings (SSSR count). The van der Waals surface area contributed by atoms with Crippen molar-refractivity contribution in [3.63, 3.8) is 0 Å². The number of benzene rings is 3. The van der Waals surface area contributed by atoms with Crippen LogP contribution in [-0.2, 0) is 16.1 Å². The average Bonchev–Trinajstić information content (AvgIpc) is 2.95. The van der Waals surface area contributed by atoms with Gasteiger partial charge >= 0.3 is 0 Å². The summed E-state index contributed by atoms with van der Waals surface area (Å²) in [5.41, 5.74) is 2.86. The van der Waals surface area contributed by atoms with Crippen LogP contribution in [-0.4, -0.2) is 25.5 Å². The standard InChI is InChI=1S/C25H24N2O3S/c1-30-20-13-11-19(12-14-20)23-15-25(29)27(21-9-5-6-10-22(21)31-23)17-24(28)26-16-18-7-3-2-4-8-18/h2-14,23H,15-17H2,1H3,(H,26,28)/t23-/m1/s1. The summed E-state index contributed by atoms with van der Waals surface area (Å²) in [5.74, 6) is 0.541. The lowest BCUT2D eigenvalue weighted by molar-refractivity contribution is -0.124. The fraction of sp³-hybridized carbons (Fsp3) is 0.200. The number of hydrogen-bond donors (Lipinski definition) is 1. The Morgan fingerprint density at radius 1 is 1.03 bits per heavy atom. The van der Waals surface area contributed by atoms with E-state index in [4.69, 9.17) is 4.74 Å². The zero-order valence-corrected chi connectivity index (χ0v) is 18.1. The summed E-state index contributed by atoms with van der Waals surface area (Å²) in [4.78, 5) is 28.4. The molecule has 0 unspecified atom stereocenters. The van der Waals surface area contributed by atoms with Gasteiger partial charge in [0.15, 0.2) is 0 Å². The Bertz CT molecular complexity index is 1050. The van der Waals surface area contributed by atoms with Gasteiger partial charge in [-0.05, 0) is 35.4 Å². The van der Waals surface area contributed by atoms with Crippen LogP contribution in [0, 0.1) is 0 Å².